The smallest absolute Gasteiger partial charge is 0.326 e. The molecule has 0 bridgehead atoms. The van der Waals surface area contributed by atoms with Crippen LogP contribution in [0.3, 0.4) is 0 Å². The number of carbonyl (C=O) groups excluding carboxylic acids is 1. The van der Waals surface area contributed by atoms with E-state index in [-0.39, 0.29) is 6.42 Å². The predicted octanol–water partition coefficient (Wildman–Crippen LogP) is 2.64. The first kappa shape index (κ1) is 15.5. The third-order valence-electron chi connectivity index (χ3n) is 2.99. The number of carboxylic acid groups (broad SMARTS) is 1. The highest BCUT2D eigenvalue weighted by atomic mass is 19.1. The Morgan fingerprint density at radius 3 is 2.27 bits per heavy atom. The second-order valence-electron chi connectivity index (χ2n) is 4.69. The van der Waals surface area contributed by atoms with Gasteiger partial charge in [-0.3, -0.25) is 0 Å². The molecular weight excluding hydrogens is 287 g/mol. The van der Waals surface area contributed by atoms with Gasteiger partial charge in [0.05, 0.1) is 0 Å². The summed E-state index contributed by atoms with van der Waals surface area (Å²) in [6.07, 6.45) is 0.174. The maximum Gasteiger partial charge on any atom is 0.326 e. The highest BCUT2D eigenvalue weighted by Gasteiger charge is 2.20. The van der Waals surface area contributed by atoms with E-state index in [0.717, 1.165) is 5.56 Å². The van der Waals surface area contributed by atoms with Crippen LogP contribution in [-0.2, 0) is 11.2 Å². The van der Waals surface area contributed by atoms with E-state index in [2.05, 4.69) is 10.6 Å². The number of benzene rings is 2. The largest absolute Gasteiger partial charge is 0.480 e. The van der Waals surface area contributed by atoms with Crippen molar-refractivity contribution in [1.82, 2.24) is 5.32 Å². The zero-order chi connectivity index (χ0) is 15.9. The second-order valence-corrected chi connectivity index (χ2v) is 4.69. The van der Waals surface area contributed by atoms with Gasteiger partial charge < -0.3 is 15.7 Å². The zero-order valence-corrected chi connectivity index (χ0v) is 11.6. The van der Waals surface area contributed by atoms with Gasteiger partial charge >= 0.3 is 12.0 Å². The van der Waals surface area contributed by atoms with Crippen LogP contribution in [0.1, 0.15) is 5.56 Å². The molecule has 114 valence electrons. The molecule has 0 aliphatic heterocycles. The second kappa shape index (κ2) is 7.21. The SMILES string of the molecule is O=C(Nc1ccc(F)cc1)NC(Cc1ccccc1)C(=O)O. The highest BCUT2D eigenvalue weighted by molar-refractivity contribution is 5.92. The maximum atomic E-state index is 12.8. The summed E-state index contributed by atoms with van der Waals surface area (Å²) in [4.78, 5) is 23.1. The number of carboxylic acids is 1. The Labute approximate surface area is 126 Å². The monoisotopic (exact) mass is 302 g/mol. The summed E-state index contributed by atoms with van der Waals surface area (Å²) in [7, 11) is 0. The van der Waals surface area contributed by atoms with Gasteiger partial charge in [0.15, 0.2) is 0 Å². The average molecular weight is 302 g/mol. The van der Waals surface area contributed by atoms with Crippen molar-refractivity contribution >= 4 is 17.7 Å². The van der Waals surface area contributed by atoms with Gasteiger partial charge in [-0.15, -0.1) is 0 Å². The molecule has 1 atom stereocenters. The Bertz CT molecular complexity index is 644. The summed E-state index contributed by atoms with van der Waals surface area (Å²) in [5.41, 5.74) is 1.18. The quantitative estimate of drug-likeness (QED) is 0.794. The number of aliphatic carboxylic acids is 1. The number of nitrogens with one attached hydrogen (secondary N) is 2. The molecule has 0 aliphatic rings. The highest BCUT2D eigenvalue weighted by Crippen LogP contribution is 2.08. The third kappa shape index (κ3) is 4.59. The summed E-state index contributed by atoms with van der Waals surface area (Å²) in [6, 6.07) is 12.5. The van der Waals surface area contributed by atoms with Crippen LogP contribution in [0.15, 0.2) is 54.6 Å². The van der Waals surface area contributed by atoms with Gasteiger partial charge in [0.1, 0.15) is 11.9 Å². The zero-order valence-electron chi connectivity index (χ0n) is 11.6. The fourth-order valence-electron chi connectivity index (χ4n) is 1.91. The van der Waals surface area contributed by atoms with E-state index in [9.17, 15) is 19.1 Å². The molecule has 0 heterocycles. The minimum Gasteiger partial charge on any atom is -0.480 e. The van der Waals surface area contributed by atoms with Gasteiger partial charge in [0, 0.05) is 12.1 Å². The number of halogens is 1. The molecule has 6 heteroatoms. The molecule has 0 saturated carbocycles. The van der Waals surface area contributed by atoms with Crippen LogP contribution in [0.2, 0.25) is 0 Å². The fourth-order valence-corrected chi connectivity index (χ4v) is 1.91. The Kier molecular flexibility index (Phi) is 5.08. The Hall–Kier alpha value is -2.89. The lowest BCUT2D eigenvalue weighted by molar-refractivity contribution is -0.139. The molecule has 2 aromatic carbocycles. The van der Waals surface area contributed by atoms with Gasteiger partial charge in [-0.2, -0.15) is 0 Å². The van der Waals surface area contributed by atoms with Crippen LogP contribution in [0.25, 0.3) is 0 Å². The molecule has 0 fully saturated rings. The van der Waals surface area contributed by atoms with Crippen molar-refractivity contribution in [3.8, 4) is 0 Å². The van der Waals surface area contributed by atoms with Crippen LogP contribution in [0, 0.1) is 5.82 Å². The normalized spacial score (nSPS) is 11.5. The van der Waals surface area contributed by atoms with E-state index in [1.54, 1.807) is 24.3 Å². The molecule has 5 nitrogen and oxygen atoms in total. The number of hydrogen-bond acceptors (Lipinski definition) is 2. The predicted molar refractivity (Wildman–Crippen MR) is 80.1 cm³/mol. The maximum absolute atomic E-state index is 12.8. The molecule has 22 heavy (non-hydrogen) atoms. The molecule has 2 rings (SSSR count). The lowest BCUT2D eigenvalue weighted by atomic mass is 10.1. The lowest BCUT2D eigenvalue weighted by Gasteiger charge is -2.15. The van der Waals surface area contributed by atoms with E-state index in [4.69, 9.17) is 0 Å². The van der Waals surface area contributed by atoms with Gasteiger partial charge in [-0.1, -0.05) is 30.3 Å². The van der Waals surface area contributed by atoms with E-state index < -0.39 is 23.9 Å². The number of amides is 2. The van der Waals surface area contributed by atoms with Crippen LogP contribution in [0.4, 0.5) is 14.9 Å². The molecule has 1 unspecified atom stereocenters. The average Bonchev–Trinajstić information content (AvgIpc) is 2.50. The van der Waals surface area contributed by atoms with Gasteiger partial charge in [-0.25, -0.2) is 14.0 Å². The molecule has 3 N–H and O–H groups in total. The van der Waals surface area contributed by atoms with Crippen LogP contribution >= 0.6 is 0 Å². The summed E-state index contributed by atoms with van der Waals surface area (Å²) in [5.74, 6) is -1.54. The summed E-state index contributed by atoms with van der Waals surface area (Å²) in [6.45, 7) is 0. The van der Waals surface area contributed by atoms with Crippen molar-refractivity contribution in [3.63, 3.8) is 0 Å². The number of urea groups is 1. The van der Waals surface area contributed by atoms with E-state index >= 15 is 0 Å². The Balaban J connectivity index is 1.97. The van der Waals surface area contributed by atoms with E-state index in [0.29, 0.717) is 5.69 Å². The molecule has 2 aromatic rings. The minimum atomic E-state index is -1.13. The van der Waals surface area contributed by atoms with Crippen LogP contribution in [-0.4, -0.2) is 23.1 Å². The van der Waals surface area contributed by atoms with Gasteiger partial charge in [0.2, 0.25) is 0 Å². The molecular formula is C16H15FN2O3. The number of rotatable bonds is 5. The summed E-state index contributed by atoms with van der Waals surface area (Å²) >= 11 is 0. The van der Waals surface area contributed by atoms with E-state index in [1.807, 2.05) is 6.07 Å². The Morgan fingerprint density at radius 1 is 1.05 bits per heavy atom. The Morgan fingerprint density at radius 2 is 1.68 bits per heavy atom. The van der Waals surface area contributed by atoms with Crippen molar-refractivity contribution in [2.75, 3.05) is 5.32 Å². The molecule has 0 aromatic heterocycles. The number of hydrogen-bond donors (Lipinski definition) is 3. The van der Waals surface area contributed by atoms with Crippen molar-refractivity contribution < 1.29 is 19.1 Å². The van der Waals surface area contributed by atoms with Gasteiger partial charge in [0.25, 0.3) is 0 Å². The van der Waals surface area contributed by atoms with Crippen LogP contribution in [0.5, 0.6) is 0 Å². The molecule has 0 saturated heterocycles. The third-order valence-corrected chi connectivity index (χ3v) is 2.99. The lowest BCUT2D eigenvalue weighted by Crippen LogP contribution is -2.44. The number of carbonyl (C=O) groups is 2. The topological polar surface area (TPSA) is 78.4 Å². The van der Waals surface area contributed by atoms with E-state index in [1.165, 1.54) is 24.3 Å². The summed E-state index contributed by atoms with van der Waals surface area (Å²) in [5, 5.41) is 14.0. The standard InChI is InChI=1S/C16H15FN2O3/c17-12-6-8-13(9-7-12)18-16(22)19-14(15(20)21)10-11-4-2-1-3-5-11/h1-9,14H,10H2,(H,20,21)(H2,18,19,22). The van der Waals surface area contributed by atoms with Crippen molar-refractivity contribution in [1.29, 1.82) is 0 Å². The first-order valence-corrected chi connectivity index (χ1v) is 6.64. The molecule has 0 aliphatic carbocycles. The summed E-state index contributed by atoms with van der Waals surface area (Å²) < 4.78 is 12.8. The molecule has 0 radical (unpaired) electrons. The molecule has 2 amide bonds. The van der Waals surface area contributed by atoms with Crippen molar-refractivity contribution in [2.24, 2.45) is 0 Å². The van der Waals surface area contributed by atoms with Crippen molar-refractivity contribution in [2.45, 2.75) is 12.5 Å². The first-order chi connectivity index (χ1) is 10.5. The van der Waals surface area contributed by atoms with Gasteiger partial charge in [-0.05, 0) is 29.8 Å². The van der Waals surface area contributed by atoms with Crippen LogP contribution < -0.4 is 10.6 Å². The minimum absolute atomic E-state index is 0.174. The number of anilines is 1. The fraction of sp³-hybridized carbons (Fsp3) is 0.125. The van der Waals surface area contributed by atoms with Crippen molar-refractivity contribution in [3.05, 3.63) is 66.0 Å². The first-order valence-electron chi connectivity index (χ1n) is 6.64. The molecule has 0 spiro atoms.